The van der Waals surface area contributed by atoms with Crippen LogP contribution in [0.15, 0.2) is 52.3 Å². The molecule has 0 atom stereocenters. The number of rotatable bonds is 4. The molecule has 0 unspecified atom stereocenters. The number of aromatic nitrogens is 1. The average molecular weight is 374 g/mol. The summed E-state index contributed by atoms with van der Waals surface area (Å²) in [6.07, 6.45) is -4.71. The standard InChI is InChI=1S/C16H11ClF3NO2S/c17-9-5-14-13(7-10(8-22)21-14)15(6-9)24-12-3-1-11(2-4-12)23-16(18,19)20/h1-7,21-22H,8H2. The van der Waals surface area contributed by atoms with E-state index < -0.39 is 6.36 Å². The van der Waals surface area contributed by atoms with Crippen molar-refractivity contribution in [2.45, 2.75) is 22.8 Å². The Labute approximate surface area is 144 Å². The van der Waals surface area contributed by atoms with Crippen molar-refractivity contribution in [3.8, 4) is 5.75 Å². The Balaban J connectivity index is 1.88. The van der Waals surface area contributed by atoms with Crippen molar-refractivity contribution in [2.24, 2.45) is 0 Å². The molecular weight excluding hydrogens is 363 g/mol. The highest BCUT2D eigenvalue weighted by atomic mass is 35.5. The van der Waals surface area contributed by atoms with E-state index in [4.69, 9.17) is 11.6 Å². The van der Waals surface area contributed by atoms with E-state index in [9.17, 15) is 18.3 Å². The fourth-order valence-corrected chi connectivity index (χ4v) is 3.51. The molecule has 126 valence electrons. The number of aliphatic hydroxyl groups is 1. The van der Waals surface area contributed by atoms with Crippen molar-refractivity contribution in [3.05, 3.63) is 53.2 Å². The number of hydrogen-bond acceptors (Lipinski definition) is 3. The number of aliphatic hydroxyl groups excluding tert-OH is 1. The van der Waals surface area contributed by atoms with Gasteiger partial charge in [0.15, 0.2) is 0 Å². The van der Waals surface area contributed by atoms with Gasteiger partial charge < -0.3 is 14.8 Å². The highest BCUT2D eigenvalue weighted by Crippen LogP contribution is 2.37. The van der Waals surface area contributed by atoms with Gasteiger partial charge in [-0.05, 0) is 42.5 Å². The van der Waals surface area contributed by atoms with Crippen LogP contribution >= 0.6 is 23.4 Å². The molecule has 0 aliphatic heterocycles. The molecule has 2 N–H and O–H groups in total. The van der Waals surface area contributed by atoms with Crippen LogP contribution in [-0.4, -0.2) is 16.5 Å². The monoisotopic (exact) mass is 373 g/mol. The molecule has 0 bridgehead atoms. The lowest BCUT2D eigenvalue weighted by Crippen LogP contribution is -2.16. The first kappa shape index (κ1) is 17.0. The second-order valence-corrected chi connectivity index (χ2v) is 6.49. The highest BCUT2D eigenvalue weighted by Gasteiger charge is 2.30. The molecule has 0 aliphatic rings. The molecule has 0 saturated carbocycles. The van der Waals surface area contributed by atoms with Gasteiger partial charge >= 0.3 is 6.36 Å². The van der Waals surface area contributed by atoms with Gasteiger partial charge in [-0.15, -0.1) is 13.2 Å². The molecule has 3 aromatic rings. The van der Waals surface area contributed by atoms with Gasteiger partial charge in [0.1, 0.15) is 5.75 Å². The predicted molar refractivity (Wildman–Crippen MR) is 86.5 cm³/mol. The number of halogens is 4. The van der Waals surface area contributed by atoms with E-state index in [1.807, 2.05) is 6.07 Å². The predicted octanol–water partition coefficient (Wildman–Crippen LogP) is 5.36. The fourth-order valence-electron chi connectivity index (χ4n) is 2.23. The minimum Gasteiger partial charge on any atom is -0.406 e. The molecule has 0 amide bonds. The summed E-state index contributed by atoms with van der Waals surface area (Å²) < 4.78 is 40.4. The van der Waals surface area contributed by atoms with Gasteiger partial charge in [-0.1, -0.05) is 23.4 Å². The number of alkyl halides is 3. The quantitative estimate of drug-likeness (QED) is 0.646. The van der Waals surface area contributed by atoms with Crippen LogP contribution in [-0.2, 0) is 6.61 Å². The number of nitrogens with one attached hydrogen (secondary N) is 1. The number of fused-ring (bicyclic) bond motifs is 1. The van der Waals surface area contributed by atoms with Gasteiger partial charge in [0.25, 0.3) is 0 Å². The van der Waals surface area contributed by atoms with Crippen molar-refractivity contribution >= 4 is 34.3 Å². The molecule has 1 aromatic heterocycles. The first-order chi connectivity index (χ1) is 11.3. The fraction of sp³-hybridized carbons (Fsp3) is 0.125. The lowest BCUT2D eigenvalue weighted by Gasteiger charge is -2.09. The third kappa shape index (κ3) is 3.98. The number of benzene rings is 2. The van der Waals surface area contributed by atoms with Crippen molar-refractivity contribution in [3.63, 3.8) is 0 Å². The van der Waals surface area contributed by atoms with Crippen LogP contribution in [0.3, 0.4) is 0 Å². The molecule has 24 heavy (non-hydrogen) atoms. The van der Waals surface area contributed by atoms with Crippen LogP contribution in [0.4, 0.5) is 13.2 Å². The van der Waals surface area contributed by atoms with Crippen molar-refractivity contribution in [2.75, 3.05) is 0 Å². The number of hydrogen-bond donors (Lipinski definition) is 2. The molecule has 0 radical (unpaired) electrons. The van der Waals surface area contributed by atoms with Gasteiger partial charge in [0.05, 0.1) is 6.61 Å². The topological polar surface area (TPSA) is 45.2 Å². The molecule has 8 heteroatoms. The Morgan fingerprint density at radius 2 is 1.83 bits per heavy atom. The first-order valence-corrected chi connectivity index (χ1v) is 7.99. The van der Waals surface area contributed by atoms with Gasteiger partial charge in [-0.2, -0.15) is 0 Å². The Hall–Kier alpha value is -1.83. The molecule has 3 nitrogen and oxygen atoms in total. The normalized spacial score (nSPS) is 11.9. The largest absolute Gasteiger partial charge is 0.573 e. The average Bonchev–Trinajstić information content (AvgIpc) is 2.91. The van der Waals surface area contributed by atoms with Gasteiger partial charge in [-0.25, -0.2) is 0 Å². The zero-order valence-electron chi connectivity index (χ0n) is 12.0. The molecule has 0 saturated heterocycles. The van der Waals surface area contributed by atoms with Crippen LogP contribution < -0.4 is 4.74 Å². The zero-order valence-corrected chi connectivity index (χ0v) is 13.6. The lowest BCUT2D eigenvalue weighted by atomic mass is 10.2. The third-order valence-corrected chi connectivity index (χ3v) is 4.46. The summed E-state index contributed by atoms with van der Waals surface area (Å²) in [6, 6.07) is 10.9. The van der Waals surface area contributed by atoms with Crippen LogP contribution in [0.2, 0.25) is 5.02 Å². The van der Waals surface area contributed by atoms with Crippen LogP contribution in [0.25, 0.3) is 10.9 Å². The molecule has 3 rings (SSSR count). The second-order valence-electron chi connectivity index (χ2n) is 4.94. The SMILES string of the molecule is OCc1cc2c(Sc3ccc(OC(F)(F)F)cc3)cc(Cl)cc2[nH]1. The molecular formula is C16H11ClF3NO2S. The number of H-pyrrole nitrogens is 1. The lowest BCUT2D eigenvalue weighted by molar-refractivity contribution is -0.274. The molecule has 2 aromatic carbocycles. The van der Waals surface area contributed by atoms with E-state index in [2.05, 4.69) is 9.72 Å². The van der Waals surface area contributed by atoms with E-state index in [-0.39, 0.29) is 12.4 Å². The molecule has 0 aliphatic carbocycles. The van der Waals surface area contributed by atoms with Crippen LogP contribution in [0.1, 0.15) is 5.69 Å². The Bertz CT molecular complexity index is 862. The summed E-state index contributed by atoms with van der Waals surface area (Å²) in [5, 5.41) is 10.6. The maximum absolute atomic E-state index is 12.2. The van der Waals surface area contributed by atoms with Gasteiger partial charge in [0, 0.05) is 31.4 Å². The van der Waals surface area contributed by atoms with E-state index in [1.165, 1.54) is 36.0 Å². The smallest absolute Gasteiger partial charge is 0.406 e. The Kier molecular flexibility index (Phi) is 4.67. The summed E-state index contributed by atoms with van der Waals surface area (Å²) >= 11 is 7.46. The zero-order chi connectivity index (χ0) is 17.3. The Morgan fingerprint density at radius 1 is 1.12 bits per heavy atom. The Morgan fingerprint density at radius 3 is 2.46 bits per heavy atom. The summed E-state index contributed by atoms with van der Waals surface area (Å²) in [4.78, 5) is 4.62. The maximum Gasteiger partial charge on any atom is 0.573 e. The summed E-state index contributed by atoms with van der Waals surface area (Å²) in [5.41, 5.74) is 1.44. The van der Waals surface area contributed by atoms with E-state index in [0.29, 0.717) is 10.7 Å². The number of aromatic amines is 1. The van der Waals surface area contributed by atoms with Crippen LogP contribution in [0, 0.1) is 0 Å². The third-order valence-electron chi connectivity index (χ3n) is 3.18. The highest BCUT2D eigenvalue weighted by molar-refractivity contribution is 7.99. The van der Waals surface area contributed by atoms with E-state index in [0.717, 1.165) is 20.7 Å². The minimum absolute atomic E-state index is 0.125. The van der Waals surface area contributed by atoms with Gasteiger partial charge in [-0.3, -0.25) is 0 Å². The van der Waals surface area contributed by atoms with Crippen molar-refractivity contribution in [1.29, 1.82) is 0 Å². The second kappa shape index (κ2) is 6.58. The minimum atomic E-state index is -4.71. The summed E-state index contributed by atoms with van der Waals surface area (Å²) in [6.45, 7) is -0.125. The molecule has 0 spiro atoms. The van der Waals surface area contributed by atoms with Crippen molar-refractivity contribution in [1.82, 2.24) is 4.98 Å². The van der Waals surface area contributed by atoms with Crippen molar-refractivity contribution < 1.29 is 23.0 Å². The molecule has 1 heterocycles. The summed E-state index contributed by atoms with van der Waals surface area (Å²) in [7, 11) is 0. The summed E-state index contributed by atoms with van der Waals surface area (Å²) in [5.74, 6) is -0.271. The van der Waals surface area contributed by atoms with Crippen LogP contribution in [0.5, 0.6) is 5.75 Å². The molecule has 0 fully saturated rings. The van der Waals surface area contributed by atoms with Gasteiger partial charge in [0.2, 0.25) is 0 Å². The maximum atomic E-state index is 12.2. The first-order valence-electron chi connectivity index (χ1n) is 6.80. The number of ether oxygens (including phenoxy) is 1. The van der Waals surface area contributed by atoms with E-state index in [1.54, 1.807) is 12.1 Å². The van der Waals surface area contributed by atoms with E-state index >= 15 is 0 Å².